The van der Waals surface area contributed by atoms with E-state index in [1.54, 1.807) is 48.5 Å². The van der Waals surface area contributed by atoms with Gasteiger partial charge in [0.15, 0.2) is 0 Å². The molecule has 1 heterocycles. The first-order valence-electron chi connectivity index (χ1n) is 9.86. The van der Waals surface area contributed by atoms with Gasteiger partial charge < -0.3 is 14.9 Å². The maximum Gasteiger partial charge on any atom is 0.335 e. The van der Waals surface area contributed by atoms with Crippen molar-refractivity contribution < 1.29 is 29.3 Å². The Balaban J connectivity index is 1.94. The van der Waals surface area contributed by atoms with E-state index < -0.39 is 23.7 Å². The summed E-state index contributed by atoms with van der Waals surface area (Å²) in [5.41, 5.74) is 0.906. The highest BCUT2D eigenvalue weighted by atomic mass is 35.5. The quantitative estimate of drug-likeness (QED) is 0.323. The molecule has 1 amide bonds. The second-order valence-electron chi connectivity index (χ2n) is 7.30. The summed E-state index contributed by atoms with van der Waals surface area (Å²) in [4.78, 5) is 38.9. The number of carboxylic acid groups (broad SMARTS) is 1. The number of anilines is 1. The number of Topliss-reactive ketones (excluding diaryl/α,β-unsaturated/α-hetero) is 1. The molecule has 1 fully saturated rings. The number of carboxylic acids is 1. The van der Waals surface area contributed by atoms with Crippen LogP contribution in [0.1, 0.15) is 27.5 Å². The average molecular weight is 464 g/mol. The number of nitrogens with zero attached hydrogens (tertiary/aromatic N) is 1. The predicted octanol–water partition coefficient (Wildman–Crippen LogP) is 4.67. The SMILES string of the molecule is COc1ccc(C2C(=C(O)c3ccc(Cl)cc3)C(=O)C(=O)N2c2cccc(C(=O)O)c2)cc1. The van der Waals surface area contributed by atoms with Gasteiger partial charge in [0.25, 0.3) is 11.7 Å². The van der Waals surface area contributed by atoms with Gasteiger partial charge in [-0.2, -0.15) is 0 Å². The van der Waals surface area contributed by atoms with Gasteiger partial charge in [-0.3, -0.25) is 14.5 Å². The highest BCUT2D eigenvalue weighted by molar-refractivity contribution is 6.51. The Morgan fingerprint density at radius 2 is 1.61 bits per heavy atom. The fraction of sp³-hybridized carbons (Fsp3) is 0.0800. The van der Waals surface area contributed by atoms with Crippen molar-refractivity contribution in [1.29, 1.82) is 0 Å². The van der Waals surface area contributed by atoms with Crippen LogP contribution in [0.3, 0.4) is 0 Å². The van der Waals surface area contributed by atoms with E-state index in [4.69, 9.17) is 16.3 Å². The summed E-state index contributed by atoms with van der Waals surface area (Å²) in [6.07, 6.45) is 0. The number of benzene rings is 3. The van der Waals surface area contributed by atoms with Crippen molar-refractivity contribution in [3.8, 4) is 5.75 Å². The van der Waals surface area contributed by atoms with Crippen molar-refractivity contribution in [3.05, 3.63) is 100 Å². The molecule has 0 aromatic heterocycles. The molecule has 2 N–H and O–H groups in total. The number of amides is 1. The number of hydrogen-bond donors (Lipinski definition) is 2. The van der Waals surface area contributed by atoms with Gasteiger partial charge >= 0.3 is 5.97 Å². The first kappa shape index (κ1) is 22.1. The molecule has 0 saturated carbocycles. The number of carbonyl (C=O) groups is 3. The number of aliphatic hydroxyl groups excluding tert-OH is 1. The number of aliphatic hydroxyl groups is 1. The van der Waals surface area contributed by atoms with E-state index in [1.807, 2.05) is 0 Å². The highest BCUT2D eigenvalue weighted by Crippen LogP contribution is 2.42. The molecule has 7 nitrogen and oxygen atoms in total. The van der Waals surface area contributed by atoms with E-state index in [0.29, 0.717) is 21.9 Å². The molecule has 1 aliphatic rings. The first-order chi connectivity index (χ1) is 15.8. The Morgan fingerprint density at radius 1 is 0.939 bits per heavy atom. The normalized spacial score (nSPS) is 17.3. The maximum atomic E-state index is 13.1. The van der Waals surface area contributed by atoms with Crippen molar-refractivity contribution in [2.24, 2.45) is 0 Å². The van der Waals surface area contributed by atoms with Gasteiger partial charge in [-0.25, -0.2) is 4.79 Å². The fourth-order valence-corrected chi connectivity index (χ4v) is 3.88. The molecule has 1 saturated heterocycles. The van der Waals surface area contributed by atoms with E-state index in [-0.39, 0.29) is 22.6 Å². The lowest BCUT2D eigenvalue weighted by atomic mass is 9.95. The summed E-state index contributed by atoms with van der Waals surface area (Å²) < 4.78 is 5.20. The zero-order valence-electron chi connectivity index (χ0n) is 17.4. The summed E-state index contributed by atoms with van der Waals surface area (Å²) in [6, 6.07) is 17.6. The zero-order chi connectivity index (χ0) is 23.7. The lowest BCUT2D eigenvalue weighted by molar-refractivity contribution is -0.132. The van der Waals surface area contributed by atoms with Crippen LogP contribution in [-0.2, 0) is 9.59 Å². The van der Waals surface area contributed by atoms with Crippen molar-refractivity contribution >= 4 is 40.7 Å². The van der Waals surface area contributed by atoms with Crippen LogP contribution in [0.25, 0.3) is 5.76 Å². The Hall–Kier alpha value is -4.10. The molecule has 1 aliphatic heterocycles. The van der Waals surface area contributed by atoms with E-state index in [0.717, 1.165) is 0 Å². The molecular formula is C25H18ClNO6. The molecule has 1 atom stereocenters. The minimum atomic E-state index is -1.17. The van der Waals surface area contributed by atoms with Crippen LogP contribution in [0.2, 0.25) is 5.02 Å². The van der Waals surface area contributed by atoms with Gasteiger partial charge in [-0.1, -0.05) is 29.8 Å². The van der Waals surface area contributed by atoms with E-state index >= 15 is 0 Å². The van der Waals surface area contributed by atoms with Gasteiger partial charge in [-0.05, 0) is 60.2 Å². The van der Waals surface area contributed by atoms with Crippen LogP contribution in [0.4, 0.5) is 5.69 Å². The monoisotopic (exact) mass is 463 g/mol. The standard InChI is InChI=1S/C25H18ClNO6/c1-33-19-11-7-14(8-12-19)21-20(22(28)15-5-9-17(26)10-6-15)23(29)24(30)27(21)18-4-2-3-16(13-18)25(31)32/h2-13,21,28H,1H3,(H,31,32). The number of carbonyl (C=O) groups excluding carboxylic acids is 2. The van der Waals surface area contributed by atoms with Gasteiger partial charge in [0.1, 0.15) is 11.5 Å². The van der Waals surface area contributed by atoms with Crippen LogP contribution in [0, 0.1) is 0 Å². The number of methoxy groups -OCH3 is 1. The molecule has 4 rings (SSSR count). The molecule has 0 bridgehead atoms. The Kier molecular flexibility index (Phi) is 5.89. The van der Waals surface area contributed by atoms with Gasteiger partial charge in [0, 0.05) is 16.3 Å². The van der Waals surface area contributed by atoms with Crippen molar-refractivity contribution in [2.75, 3.05) is 12.0 Å². The molecule has 0 spiro atoms. The third-order valence-corrected chi connectivity index (χ3v) is 5.62. The summed E-state index contributed by atoms with van der Waals surface area (Å²) in [7, 11) is 1.51. The molecular weight excluding hydrogens is 446 g/mol. The van der Waals surface area contributed by atoms with Crippen LogP contribution in [0.15, 0.2) is 78.4 Å². The predicted molar refractivity (Wildman–Crippen MR) is 123 cm³/mol. The van der Waals surface area contributed by atoms with Crippen LogP contribution >= 0.6 is 11.6 Å². The number of aromatic carboxylic acids is 1. The number of rotatable bonds is 5. The number of ketones is 1. The largest absolute Gasteiger partial charge is 0.507 e. The lowest BCUT2D eigenvalue weighted by Gasteiger charge is -2.25. The summed E-state index contributed by atoms with van der Waals surface area (Å²) in [5, 5.41) is 20.9. The smallest absolute Gasteiger partial charge is 0.335 e. The number of ether oxygens (including phenoxy) is 1. The molecule has 0 radical (unpaired) electrons. The van der Waals surface area contributed by atoms with E-state index in [1.165, 1.54) is 36.3 Å². The zero-order valence-corrected chi connectivity index (χ0v) is 18.1. The first-order valence-corrected chi connectivity index (χ1v) is 10.2. The van der Waals surface area contributed by atoms with Crippen LogP contribution in [-0.4, -0.2) is 35.0 Å². The fourth-order valence-electron chi connectivity index (χ4n) is 3.75. The van der Waals surface area contributed by atoms with Crippen LogP contribution in [0.5, 0.6) is 5.75 Å². The molecule has 3 aromatic rings. The van der Waals surface area contributed by atoms with Crippen molar-refractivity contribution in [1.82, 2.24) is 0 Å². The Bertz CT molecular complexity index is 1280. The lowest BCUT2D eigenvalue weighted by Crippen LogP contribution is -2.29. The highest BCUT2D eigenvalue weighted by Gasteiger charge is 2.47. The third kappa shape index (κ3) is 4.06. The van der Waals surface area contributed by atoms with Crippen molar-refractivity contribution in [2.45, 2.75) is 6.04 Å². The Labute approximate surface area is 194 Å². The molecule has 1 unspecified atom stereocenters. The van der Waals surface area contributed by atoms with Crippen molar-refractivity contribution in [3.63, 3.8) is 0 Å². The third-order valence-electron chi connectivity index (χ3n) is 5.36. The molecule has 3 aromatic carbocycles. The molecule has 33 heavy (non-hydrogen) atoms. The summed E-state index contributed by atoms with van der Waals surface area (Å²) in [5.74, 6) is -2.72. The second-order valence-corrected chi connectivity index (χ2v) is 7.74. The minimum Gasteiger partial charge on any atom is -0.507 e. The maximum absolute atomic E-state index is 13.1. The summed E-state index contributed by atoms with van der Waals surface area (Å²) >= 11 is 5.94. The van der Waals surface area contributed by atoms with Crippen LogP contribution < -0.4 is 9.64 Å². The van der Waals surface area contributed by atoms with E-state index in [2.05, 4.69) is 0 Å². The van der Waals surface area contributed by atoms with Gasteiger partial charge in [0.05, 0.1) is 24.3 Å². The Morgan fingerprint density at radius 3 is 2.21 bits per heavy atom. The summed E-state index contributed by atoms with van der Waals surface area (Å²) in [6.45, 7) is 0. The van der Waals surface area contributed by atoms with Gasteiger partial charge in [-0.15, -0.1) is 0 Å². The molecule has 0 aliphatic carbocycles. The molecule has 8 heteroatoms. The molecule has 166 valence electrons. The second kappa shape index (κ2) is 8.80. The van der Waals surface area contributed by atoms with E-state index in [9.17, 15) is 24.6 Å². The minimum absolute atomic E-state index is 0.0411. The average Bonchev–Trinajstić information content (AvgIpc) is 3.09. The topological polar surface area (TPSA) is 104 Å². The number of hydrogen-bond acceptors (Lipinski definition) is 5. The number of halogens is 1. The van der Waals surface area contributed by atoms with Gasteiger partial charge in [0.2, 0.25) is 0 Å².